The second-order valence-electron chi connectivity index (χ2n) is 6.96. The lowest BCUT2D eigenvalue weighted by atomic mass is 10.2. The fourth-order valence-corrected chi connectivity index (χ4v) is 3.50. The van der Waals surface area contributed by atoms with Crippen molar-refractivity contribution in [2.75, 3.05) is 19.7 Å². The molecule has 160 valence electrons. The number of hydrogen-bond donors (Lipinski definition) is 3. The average Bonchev–Trinajstić information content (AvgIpc) is 3.11. The minimum atomic E-state index is -0.626. The lowest BCUT2D eigenvalue weighted by Crippen LogP contribution is -2.46. The summed E-state index contributed by atoms with van der Waals surface area (Å²) in [5.41, 5.74) is 0.583. The Morgan fingerprint density at radius 3 is 2.59 bits per heavy atom. The van der Waals surface area contributed by atoms with E-state index >= 15 is 0 Å². The zero-order valence-corrected chi connectivity index (χ0v) is 17.1. The van der Waals surface area contributed by atoms with Crippen LogP contribution in [-0.4, -0.2) is 57.9 Å². The molecule has 10 heteroatoms. The molecular formula is C19H27N3O6S. The Labute approximate surface area is 175 Å². The molecule has 0 spiro atoms. The zero-order valence-electron chi connectivity index (χ0n) is 16.2. The third kappa shape index (κ3) is 7.21. The molecule has 1 aliphatic rings. The van der Waals surface area contributed by atoms with Crippen molar-refractivity contribution in [3.63, 3.8) is 0 Å². The van der Waals surface area contributed by atoms with Crippen LogP contribution in [0.2, 0.25) is 0 Å². The fraction of sp³-hybridized carbons (Fsp3) is 0.579. The molecule has 0 saturated carbocycles. The van der Waals surface area contributed by atoms with Crippen molar-refractivity contribution in [2.45, 2.75) is 50.0 Å². The summed E-state index contributed by atoms with van der Waals surface area (Å²) in [6, 6.07) is 5.12. The predicted molar refractivity (Wildman–Crippen MR) is 110 cm³/mol. The average molecular weight is 426 g/mol. The van der Waals surface area contributed by atoms with E-state index in [1.54, 1.807) is 0 Å². The number of thiol groups is 1. The largest absolute Gasteiger partial charge is 0.445 e. The molecule has 1 heterocycles. The first-order valence-electron chi connectivity index (χ1n) is 9.65. The minimum Gasteiger partial charge on any atom is -0.445 e. The number of carbonyl (C=O) groups excluding carboxylic acids is 2. The molecule has 1 aromatic carbocycles. The van der Waals surface area contributed by atoms with Crippen LogP contribution in [0.5, 0.6) is 0 Å². The normalized spacial score (nSPS) is 18.5. The van der Waals surface area contributed by atoms with Gasteiger partial charge in [0.25, 0.3) is 5.69 Å². The van der Waals surface area contributed by atoms with Crippen molar-refractivity contribution >= 4 is 30.3 Å². The Morgan fingerprint density at radius 2 is 1.93 bits per heavy atom. The molecule has 0 aliphatic carbocycles. The summed E-state index contributed by atoms with van der Waals surface area (Å²) in [5.74, 6) is -0.226. The zero-order chi connectivity index (χ0) is 21.2. The Balaban J connectivity index is 1.82. The van der Waals surface area contributed by atoms with E-state index in [1.807, 2.05) is 0 Å². The van der Waals surface area contributed by atoms with E-state index in [1.165, 1.54) is 29.2 Å². The monoisotopic (exact) mass is 425 g/mol. The molecule has 9 nitrogen and oxygen atoms in total. The summed E-state index contributed by atoms with van der Waals surface area (Å²) >= 11 is 4.40. The van der Waals surface area contributed by atoms with Crippen LogP contribution in [0.3, 0.4) is 0 Å². The third-order valence-electron chi connectivity index (χ3n) is 4.71. The number of non-ortho nitro benzene ring substituents is 1. The van der Waals surface area contributed by atoms with E-state index in [-0.39, 0.29) is 30.1 Å². The molecule has 2 N–H and O–H groups in total. The van der Waals surface area contributed by atoms with Gasteiger partial charge in [-0.25, -0.2) is 4.79 Å². The van der Waals surface area contributed by atoms with E-state index in [4.69, 9.17) is 9.84 Å². The van der Waals surface area contributed by atoms with Crippen molar-refractivity contribution in [1.29, 1.82) is 0 Å². The standard InChI is InChI=1S/C19H27N3O6S/c23-10-4-2-1-3-9-20-18(24)17-11-16(29)12-21(17)19(25)28-13-14-5-7-15(8-6-14)22(26)27/h5-8,16-17,23,29H,1-4,9-13H2,(H,20,24)/t16-,17-/m0/s1. The first kappa shape index (κ1) is 23.0. The number of amides is 2. The van der Waals surface area contributed by atoms with E-state index < -0.39 is 17.1 Å². The number of likely N-dealkylation sites (tertiary alicyclic amines) is 1. The van der Waals surface area contributed by atoms with Crippen LogP contribution in [0, 0.1) is 10.1 Å². The SMILES string of the molecule is O=C(NCCCCCCO)[C@@H]1C[C@H](S)CN1C(=O)OCc1ccc([N+](=O)[O-])cc1. The highest BCUT2D eigenvalue weighted by Gasteiger charge is 2.39. The Hall–Kier alpha value is -2.33. The number of nitro benzene ring substituents is 1. The van der Waals surface area contributed by atoms with Gasteiger partial charge in [0.2, 0.25) is 5.91 Å². The van der Waals surface area contributed by atoms with Crippen LogP contribution in [0.15, 0.2) is 24.3 Å². The van der Waals surface area contributed by atoms with Crippen LogP contribution in [0.4, 0.5) is 10.5 Å². The number of hydrogen-bond acceptors (Lipinski definition) is 7. The third-order valence-corrected chi connectivity index (χ3v) is 5.08. The van der Waals surface area contributed by atoms with Crippen molar-refractivity contribution in [2.24, 2.45) is 0 Å². The molecule has 1 aliphatic heterocycles. The summed E-state index contributed by atoms with van der Waals surface area (Å²) in [7, 11) is 0. The van der Waals surface area contributed by atoms with E-state index in [9.17, 15) is 19.7 Å². The van der Waals surface area contributed by atoms with E-state index in [2.05, 4.69) is 17.9 Å². The van der Waals surface area contributed by atoms with E-state index in [0.29, 0.717) is 25.1 Å². The van der Waals surface area contributed by atoms with Gasteiger partial charge in [-0.3, -0.25) is 19.8 Å². The van der Waals surface area contributed by atoms with Crippen molar-refractivity contribution in [3.8, 4) is 0 Å². The molecule has 1 aromatic rings. The second kappa shape index (κ2) is 11.6. The summed E-state index contributed by atoms with van der Waals surface area (Å²) in [6.45, 7) is 0.971. The maximum Gasteiger partial charge on any atom is 0.410 e. The Morgan fingerprint density at radius 1 is 1.24 bits per heavy atom. The highest BCUT2D eigenvalue weighted by Crippen LogP contribution is 2.23. The molecule has 0 aromatic heterocycles. The quantitative estimate of drug-likeness (QED) is 0.229. The van der Waals surface area contributed by atoms with Crippen LogP contribution in [0.1, 0.15) is 37.7 Å². The van der Waals surface area contributed by atoms with Gasteiger partial charge in [0, 0.05) is 37.1 Å². The first-order chi connectivity index (χ1) is 13.9. The van der Waals surface area contributed by atoms with Crippen LogP contribution < -0.4 is 5.32 Å². The fourth-order valence-electron chi connectivity index (χ4n) is 3.13. The smallest absolute Gasteiger partial charge is 0.410 e. The number of carbonyl (C=O) groups is 2. The molecule has 0 bridgehead atoms. The number of aliphatic hydroxyl groups is 1. The van der Waals surface area contributed by atoms with Gasteiger partial charge in [-0.2, -0.15) is 12.6 Å². The van der Waals surface area contributed by atoms with Crippen LogP contribution >= 0.6 is 12.6 Å². The number of rotatable bonds is 10. The molecule has 1 fully saturated rings. The van der Waals surface area contributed by atoms with Gasteiger partial charge < -0.3 is 15.2 Å². The van der Waals surface area contributed by atoms with Gasteiger partial charge >= 0.3 is 6.09 Å². The number of nitrogens with one attached hydrogen (secondary N) is 1. The molecule has 1 saturated heterocycles. The van der Waals surface area contributed by atoms with Gasteiger partial charge in [-0.15, -0.1) is 0 Å². The van der Waals surface area contributed by atoms with Gasteiger partial charge in [0.1, 0.15) is 12.6 Å². The van der Waals surface area contributed by atoms with Gasteiger partial charge in [-0.1, -0.05) is 12.8 Å². The van der Waals surface area contributed by atoms with Crippen molar-refractivity contribution in [1.82, 2.24) is 10.2 Å². The molecule has 2 atom stereocenters. The topological polar surface area (TPSA) is 122 Å². The van der Waals surface area contributed by atoms with Gasteiger partial charge in [0.05, 0.1) is 4.92 Å². The number of benzene rings is 1. The highest BCUT2D eigenvalue weighted by atomic mass is 32.1. The van der Waals surface area contributed by atoms with Crippen LogP contribution in [0.25, 0.3) is 0 Å². The van der Waals surface area contributed by atoms with E-state index in [0.717, 1.165) is 25.7 Å². The van der Waals surface area contributed by atoms with Crippen LogP contribution in [-0.2, 0) is 16.1 Å². The summed E-state index contributed by atoms with van der Waals surface area (Å²) < 4.78 is 5.29. The Kier molecular flexibility index (Phi) is 9.20. The molecular weight excluding hydrogens is 398 g/mol. The maximum absolute atomic E-state index is 12.5. The molecule has 0 radical (unpaired) electrons. The van der Waals surface area contributed by atoms with Crippen molar-refractivity contribution in [3.05, 3.63) is 39.9 Å². The lowest BCUT2D eigenvalue weighted by molar-refractivity contribution is -0.384. The minimum absolute atomic E-state index is 0.0365. The number of unbranched alkanes of at least 4 members (excludes halogenated alkanes) is 3. The van der Waals surface area contributed by atoms with Crippen molar-refractivity contribution < 1.29 is 24.4 Å². The lowest BCUT2D eigenvalue weighted by Gasteiger charge is -2.23. The Bertz CT molecular complexity index is 700. The molecule has 29 heavy (non-hydrogen) atoms. The summed E-state index contributed by atoms with van der Waals surface area (Å²) in [6.07, 6.45) is 3.24. The highest BCUT2D eigenvalue weighted by molar-refractivity contribution is 7.81. The maximum atomic E-state index is 12.5. The number of nitro groups is 1. The predicted octanol–water partition coefficient (Wildman–Crippen LogP) is 2.27. The first-order valence-corrected chi connectivity index (χ1v) is 10.2. The molecule has 2 rings (SSSR count). The second-order valence-corrected chi connectivity index (χ2v) is 7.69. The number of nitrogens with zero attached hydrogens (tertiary/aromatic N) is 2. The summed E-state index contributed by atoms with van der Waals surface area (Å²) in [5, 5.41) is 22.2. The number of aliphatic hydroxyl groups excluding tert-OH is 1. The van der Waals surface area contributed by atoms with Gasteiger partial charge in [-0.05, 0) is 37.0 Å². The van der Waals surface area contributed by atoms with Gasteiger partial charge in [0.15, 0.2) is 0 Å². The molecule has 2 amide bonds. The number of ether oxygens (including phenoxy) is 1. The molecule has 0 unspecified atom stereocenters. The summed E-state index contributed by atoms with van der Waals surface area (Å²) in [4.78, 5) is 36.5.